The Balaban J connectivity index is 1.91. The van der Waals surface area contributed by atoms with Crippen LogP contribution in [0.4, 0.5) is 5.69 Å². The van der Waals surface area contributed by atoms with Gasteiger partial charge in [0.05, 0.1) is 12.8 Å². The van der Waals surface area contributed by atoms with E-state index < -0.39 is 0 Å². The van der Waals surface area contributed by atoms with Crippen LogP contribution < -0.4 is 16.0 Å². The molecule has 0 saturated carbocycles. The molecule has 2 rings (SSSR count). The molecule has 0 fully saturated rings. The molecule has 0 aliphatic carbocycles. The molecular formula is C17H21BrN4O2. The first-order valence-corrected chi connectivity index (χ1v) is 8.48. The monoisotopic (exact) mass is 392 g/mol. The highest BCUT2D eigenvalue weighted by Gasteiger charge is 2.06. The number of rotatable bonds is 6. The van der Waals surface area contributed by atoms with Crippen LogP contribution in [0.3, 0.4) is 0 Å². The Morgan fingerprint density at radius 1 is 1.29 bits per heavy atom. The van der Waals surface area contributed by atoms with E-state index >= 15 is 0 Å². The van der Waals surface area contributed by atoms with Crippen LogP contribution in [0.1, 0.15) is 18.2 Å². The van der Waals surface area contributed by atoms with E-state index in [-0.39, 0.29) is 12.5 Å². The molecule has 0 atom stereocenters. The lowest BCUT2D eigenvalue weighted by Crippen LogP contribution is -2.37. The fourth-order valence-corrected chi connectivity index (χ4v) is 2.36. The molecule has 0 spiro atoms. The number of nitrogens with one attached hydrogen (secondary N) is 3. The van der Waals surface area contributed by atoms with Gasteiger partial charge < -0.3 is 20.4 Å². The van der Waals surface area contributed by atoms with Crippen LogP contribution in [0, 0.1) is 6.92 Å². The minimum absolute atomic E-state index is 0.0272. The van der Waals surface area contributed by atoms with Crippen molar-refractivity contribution in [3.63, 3.8) is 0 Å². The van der Waals surface area contributed by atoms with E-state index in [1.807, 2.05) is 44.2 Å². The van der Waals surface area contributed by atoms with Gasteiger partial charge in [-0.2, -0.15) is 0 Å². The summed E-state index contributed by atoms with van der Waals surface area (Å²) in [5.41, 5.74) is 1.77. The average Bonchev–Trinajstić information content (AvgIpc) is 3.07. The van der Waals surface area contributed by atoms with Crippen molar-refractivity contribution in [1.82, 2.24) is 10.6 Å². The first-order valence-electron chi connectivity index (χ1n) is 7.69. The van der Waals surface area contributed by atoms with E-state index in [1.54, 1.807) is 6.26 Å². The van der Waals surface area contributed by atoms with Gasteiger partial charge in [0, 0.05) is 16.7 Å². The summed E-state index contributed by atoms with van der Waals surface area (Å²) in [5, 5.41) is 9.08. The van der Waals surface area contributed by atoms with Crippen molar-refractivity contribution in [2.24, 2.45) is 4.99 Å². The van der Waals surface area contributed by atoms with Gasteiger partial charge in [0.25, 0.3) is 0 Å². The predicted molar refractivity (Wildman–Crippen MR) is 99.0 cm³/mol. The molecule has 0 saturated heterocycles. The molecule has 3 N–H and O–H groups in total. The summed E-state index contributed by atoms with van der Waals surface area (Å²) >= 11 is 3.40. The number of carbonyl (C=O) groups excluding carboxylic acids is 1. The molecule has 0 aliphatic rings. The number of benzene rings is 1. The molecule has 0 bridgehead atoms. The molecule has 1 aromatic heterocycles. The van der Waals surface area contributed by atoms with Crippen LogP contribution in [0.25, 0.3) is 0 Å². The second-order valence-corrected chi connectivity index (χ2v) is 6.05. The van der Waals surface area contributed by atoms with E-state index in [0.29, 0.717) is 19.0 Å². The summed E-state index contributed by atoms with van der Waals surface area (Å²) in [5.74, 6) is 1.19. The van der Waals surface area contributed by atoms with Crippen LogP contribution >= 0.6 is 15.9 Å². The Morgan fingerprint density at radius 2 is 2.12 bits per heavy atom. The van der Waals surface area contributed by atoms with Gasteiger partial charge in [0.1, 0.15) is 12.3 Å². The SMILES string of the molecule is CCNC(=NCC(=O)Nc1cc(Br)ccc1C)NCc1ccco1. The standard InChI is InChI=1S/C17H21BrN4O2/c1-3-19-17(20-10-14-5-4-8-24-14)21-11-16(23)22-15-9-13(18)7-6-12(15)2/h4-9H,3,10-11H2,1-2H3,(H,22,23)(H2,19,20,21). The lowest BCUT2D eigenvalue weighted by Gasteiger charge is -2.11. The zero-order chi connectivity index (χ0) is 17.4. The van der Waals surface area contributed by atoms with E-state index in [2.05, 4.69) is 36.9 Å². The van der Waals surface area contributed by atoms with Gasteiger partial charge in [-0.25, -0.2) is 4.99 Å². The number of hydrogen-bond donors (Lipinski definition) is 3. The molecule has 0 radical (unpaired) electrons. The second-order valence-electron chi connectivity index (χ2n) is 5.14. The minimum atomic E-state index is -0.175. The summed E-state index contributed by atoms with van der Waals surface area (Å²) in [6.45, 7) is 5.15. The molecule has 2 aromatic rings. The Bertz CT molecular complexity index is 699. The Hall–Kier alpha value is -2.28. The second kappa shape index (κ2) is 9.12. The van der Waals surface area contributed by atoms with Crippen LogP contribution in [-0.2, 0) is 11.3 Å². The van der Waals surface area contributed by atoms with Crippen molar-refractivity contribution in [3.8, 4) is 0 Å². The summed E-state index contributed by atoms with van der Waals surface area (Å²) in [6, 6.07) is 9.45. The van der Waals surface area contributed by atoms with Crippen LogP contribution in [0.5, 0.6) is 0 Å². The van der Waals surface area contributed by atoms with Gasteiger partial charge in [-0.05, 0) is 43.7 Å². The fourth-order valence-electron chi connectivity index (χ4n) is 2.00. The summed E-state index contributed by atoms with van der Waals surface area (Å²) in [6.07, 6.45) is 1.62. The summed E-state index contributed by atoms with van der Waals surface area (Å²) in [4.78, 5) is 16.4. The molecular weight excluding hydrogens is 372 g/mol. The maximum Gasteiger partial charge on any atom is 0.246 e. The van der Waals surface area contributed by atoms with E-state index in [1.165, 1.54) is 0 Å². The molecule has 6 nitrogen and oxygen atoms in total. The zero-order valence-corrected chi connectivity index (χ0v) is 15.3. The maximum absolute atomic E-state index is 12.1. The summed E-state index contributed by atoms with van der Waals surface area (Å²) < 4.78 is 6.18. The Morgan fingerprint density at radius 3 is 2.83 bits per heavy atom. The smallest absolute Gasteiger partial charge is 0.246 e. The molecule has 1 heterocycles. The van der Waals surface area contributed by atoms with Gasteiger partial charge in [-0.3, -0.25) is 4.79 Å². The fraction of sp³-hybridized carbons (Fsp3) is 0.294. The van der Waals surface area contributed by atoms with E-state index in [9.17, 15) is 4.79 Å². The number of hydrogen-bond acceptors (Lipinski definition) is 3. The third kappa shape index (κ3) is 5.73. The van der Waals surface area contributed by atoms with Crippen molar-refractivity contribution in [2.45, 2.75) is 20.4 Å². The number of halogens is 1. The highest BCUT2D eigenvalue weighted by molar-refractivity contribution is 9.10. The molecule has 0 unspecified atom stereocenters. The highest BCUT2D eigenvalue weighted by Crippen LogP contribution is 2.20. The number of guanidine groups is 1. The third-order valence-corrected chi connectivity index (χ3v) is 3.70. The normalized spacial score (nSPS) is 11.2. The van der Waals surface area contributed by atoms with Gasteiger partial charge in [-0.1, -0.05) is 22.0 Å². The number of carbonyl (C=O) groups is 1. The zero-order valence-electron chi connectivity index (χ0n) is 13.7. The lowest BCUT2D eigenvalue weighted by atomic mass is 10.2. The Labute approximate surface area is 149 Å². The molecule has 1 aromatic carbocycles. The quantitative estimate of drug-likeness (QED) is 0.521. The topological polar surface area (TPSA) is 78.7 Å². The Kier molecular flexibility index (Phi) is 6.87. The predicted octanol–water partition coefficient (Wildman–Crippen LogP) is 3.04. The lowest BCUT2D eigenvalue weighted by molar-refractivity contribution is -0.114. The molecule has 7 heteroatoms. The first kappa shape index (κ1) is 18.1. The molecule has 24 heavy (non-hydrogen) atoms. The van der Waals surface area contributed by atoms with Crippen molar-refractivity contribution >= 4 is 33.5 Å². The highest BCUT2D eigenvalue weighted by atomic mass is 79.9. The third-order valence-electron chi connectivity index (χ3n) is 3.21. The average molecular weight is 393 g/mol. The summed E-state index contributed by atoms with van der Waals surface area (Å²) in [7, 11) is 0. The molecule has 128 valence electrons. The van der Waals surface area contributed by atoms with Gasteiger partial charge in [0.2, 0.25) is 5.91 Å². The van der Waals surface area contributed by atoms with Crippen molar-refractivity contribution in [2.75, 3.05) is 18.4 Å². The van der Waals surface area contributed by atoms with Gasteiger partial charge in [-0.15, -0.1) is 0 Å². The van der Waals surface area contributed by atoms with Crippen LogP contribution in [-0.4, -0.2) is 25.0 Å². The van der Waals surface area contributed by atoms with Crippen molar-refractivity contribution in [1.29, 1.82) is 0 Å². The number of nitrogens with zero attached hydrogens (tertiary/aromatic N) is 1. The van der Waals surface area contributed by atoms with E-state index in [0.717, 1.165) is 21.5 Å². The van der Waals surface area contributed by atoms with Crippen molar-refractivity contribution < 1.29 is 9.21 Å². The molecule has 1 amide bonds. The largest absolute Gasteiger partial charge is 0.467 e. The van der Waals surface area contributed by atoms with E-state index in [4.69, 9.17) is 4.42 Å². The van der Waals surface area contributed by atoms with Crippen molar-refractivity contribution in [3.05, 3.63) is 52.4 Å². The van der Waals surface area contributed by atoms with Gasteiger partial charge >= 0.3 is 0 Å². The number of anilines is 1. The number of aryl methyl sites for hydroxylation is 1. The van der Waals surface area contributed by atoms with Crippen LogP contribution in [0.15, 0.2) is 50.5 Å². The number of amides is 1. The molecule has 0 aliphatic heterocycles. The van der Waals surface area contributed by atoms with Crippen LogP contribution in [0.2, 0.25) is 0 Å². The first-order chi connectivity index (χ1) is 11.6. The van der Waals surface area contributed by atoms with Gasteiger partial charge in [0.15, 0.2) is 5.96 Å². The maximum atomic E-state index is 12.1. The minimum Gasteiger partial charge on any atom is -0.467 e. The number of furan rings is 1. The number of aliphatic imine (C=N–C) groups is 1.